The van der Waals surface area contributed by atoms with Crippen molar-refractivity contribution in [2.75, 3.05) is 0 Å². The van der Waals surface area contributed by atoms with Gasteiger partial charge in [0.25, 0.3) is 11.7 Å². The SMILES string of the molecule is Cc1ccnc2nc(C(=O)N[C@@H](C)[C@H]3C[C@H]4CC[C@H]3C4)nn12. The second kappa shape index (κ2) is 5.04. The first-order valence-electron chi connectivity index (χ1n) is 8.11. The Morgan fingerprint density at radius 1 is 1.41 bits per heavy atom. The van der Waals surface area contributed by atoms with Crippen LogP contribution in [0.2, 0.25) is 0 Å². The number of fused-ring (bicyclic) bond motifs is 3. The Balaban J connectivity index is 1.50. The maximum Gasteiger partial charge on any atom is 0.291 e. The molecule has 0 aromatic carbocycles. The van der Waals surface area contributed by atoms with Crippen LogP contribution in [0, 0.1) is 24.7 Å². The van der Waals surface area contributed by atoms with Gasteiger partial charge in [0.1, 0.15) is 0 Å². The lowest BCUT2D eigenvalue weighted by atomic mass is 9.84. The Labute approximate surface area is 129 Å². The van der Waals surface area contributed by atoms with Crippen molar-refractivity contribution in [3.8, 4) is 0 Å². The van der Waals surface area contributed by atoms with Gasteiger partial charge >= 0.3 is 0 Å². The molecule has 4 rings (SSSR count). The first-order valence-corrected chi connectivity index (χ1v) is 8.11. The van der Waals surface area contributed by atoms with E-state index >= 15 is 0 Å². The van der Waals surface area contributed by atoms with Crippen molar-refractivity contribution in [2.45, 2.75) is 45.6 Å². The van der Waals surface area contributed by atoms with E-state index in [0.29, 0.717) is 11.7 Å². The monoisotopic (exact) mass is 299 g/mol. The second-order valence-electron chi connectivity index (χ2n) is 6.83. The number of nitrogens with zero attached hydrogens (tertiary/aromatic N) is 4. The topological polar surface area (TPSA) is 72.2 Å². The maximum absolute atomic E-state index is 12.4. The van der Waals surface area contributed by atoms with E-state index in [1.807, 2.05) is 13.0 Å². The number of aromatic nitrogens is 4. The molecule has 0 spiro atoms. The summed E-state index contributed by atoms with van der Waals surface area (Å²) >= 11 is 0. The van der Waals surface area contributed by atoms with Gasteiger partial charge in [0, 0.05) is 17.9 Å². The first kappa shape index (κ1) is 13.7. The molecule has 2 aromatic heterocycles. The fourth-order valence-electron chi connectivity index (χ4n) is 4.29. The summed E-state index contributed by atoms with van der Waals surface area (Å²) in [6.45, 7) is 4.03. The highest BCUT2D eigenvalue weighted by molar-refractivity contribution is 5.91. The largest absolute Gasteiger partial charge is 0.347 e. The summed E-state index contributed by atoms with van der Waals surface area (Å²) in [6, 6.07) is 2.03. The fraction of sp³-hybridized carbons (Fsp3) is 0.625. The Hall–Kier alpha value is -1.98. The van der Waals surface area contributed by atoms with Gasteiger partial charge in [-0.05, 0) is 56.9 Å². The van der Waals surface area contributed by atoms with E-state index in [1.165, 1.54) is 25.7 Å². The van der Waals surface area contributed by atoms with Gasteiger partial charge in [0.05, 0.1) is 0 Å². The average molecular weight is 299 g/mol. The van der Waals surface area contributed by atoms with Crippen LogP contribution in [0.5, 0.6) is 0 Å². The van der Waals surface area contributed by atoms with Crippen molar-refractivity contribution in [3.63, 3.8) is 0 Å². The lowest BCUT2D eigenvalue weighted by Crippen LogP contribution is -2.40. The lowest BCUT2D eigenvalue weighted by Gasteiger charge is -2.28. The van der Waals surface area contributed by atoms with Crippen molar-refractivity contribution >= 4 is 11.7 Å². The average Bonchev–Trinajstić information content (AvgIpc) is 3.22. The molecular formula is C16H21N5O. The van der Waals surface area contributed by atoms with Crippen LogP contribution in [0.3, 0.4) is 0 Å². The zero-order chi connectivity index (χ0) is 15.3. The Morgan fingerprint density at radius 3 is 2.95 bits per heavy atom. The minimum Gasteiger partial charge on any atom is -0.347 e. The van der Waals surface area contributed by atoms with E-state index in [-0.39, 0.29) is 17.8 Å². The van der Waals surface area contributed by atoms with E-state index in [4.69, 9.17) is 0 Å². The van der Waals surface area contributed by atoms with Crippen molar-refractivity contribution in [1.29, 1.82) is 0 Å². The zero-order valence-electron chi connectivity index (χ0n) is 13.0. The number of amides is 1. The van der Waals surface area contributed by atoms with E-state index in [1.54, 1.807) is 10.7 Å². The van der Waals surface area contributed by atoms with Gasteiger partial charge in [0.15, 0.2) is 0 Å². The Bertz CT molecular complexity index is 724. The molecule has 0 radical (unpaired) electrons. The molecular weight excluding hydrogens is 278 g/mol. The highest BCUT2D eigenvalue weighted by atomic mass is 16.2. The molecule has 6 nitrogen and oxygen atoms in total. The molecule has 1 N–H and O–H groups in total. The van der Waals surface area contributed by atoms with Crippen LogP contribution in [0.1, 0.15) is 48.9 Å². The van der Waals surface area contributed by atoms with Gasteiger partial charge < -0.3 is 5.32 Å². The quantitative estimate of drug-likeness (QED) is 0.940. The maximum atomic E-state index is 12.4. The number of aryl methyl sites for hydroxylation is 1. The molecule has 116 valence electrons. The van der Waals surface area contributed by atoms with Gasteiger partial charge in [-0.2, -0.15) is 4.98 Å². The molecule has 2 bridgehead atoms. The predicted molar refractivity (Wildman–Crippen MR) is 81.4 cm³/mol. The molecule has 6 heteroatoms. The molecule has 0 aliphatic heterocycles. The summed E-state index contributed by atoms with van der Waals surface area (Å²) in [5, 5.41) is 7.37. The lowest BCUT2D eigenvalue weighted by molar-refractivity contribution is 0.0905. The third kappa shape index (κ3) is 2.17. The van der Waals surface area contributed by atoms with Crippen LogP contribution < -0.4 is 5.32 Å². The molecule has 2 aliphatic carbocycles. The molecule has 22 heavy (non-hydrogen) atoms. The molecule has 2 fully saturated rings. The molecule has 0 unspecified atom stereocenters. The first-order chi connectivity index (χ1) is 10.6. The molecule has 0 saturated heterocycles. The standard InChI is InChI=1S/C16H21N5O/c1-9-5-6-17-16-19-14(20-21(9)16)15(22)18-10(2)13-8-11-3-4-12(13)7-11/h5-6,10-13H,3-4,7-8H2,1-2H3,(H,18,22)/t10-,11-,12-,13+/m0/s1. The number of hydrogen-bond acceptors (Lipinski definition) is 4. The number of carbonyl (C=O) groups excluding carboxylic acids is 1. The summed E-state index contributed by atoms with van der Waals surface area (Å²) in [5.74, 6) is 2.77. The van der Waals surface area contributed by atoms with E-state index < -0.39 is 0 Å². The number of nitrogens with one attached hydrogen (secondary N) is 1. The number of hydrogen-bond donors (Lipinski definition) is 1. The van der Waals surface area contributed by atoms with Gasteiger partial charge in [0.2, 0.25) is 5.82 Å². The minimum absolute atomic E-state index is 0.184. The smallest absolute Gasteiger partial charge is 0.291 e. The third-order valence-electron chi connectivity index (χ3n) is 5.43. The van der Waals surface area contributed by atoms with E-state index in [0.717, 1.165) is 17.5 Å². The highest BCUT2D eigenvalue weighted by Crippen LogP contribution is 2.49. The van der Waals surface area contributed by atoms with Crippen molar-refractivity contribution in [1.82, 2.24) is 24.9 Å². The van der Waals surface area contributed by atoms with Crippen molar-refractivity contribution in [3.05, 3.63) is 23.8 Å². The normalized spacial score (nSPS) is 28.2. The van der Waals surface area contributed by atoms with E-state index in [9.17, 15) is 4.79 Å². The Morgan fingerprint density at radius 2 is 2.27 bits per heavy atom. The fourth-order valence-corrected chi connectivity index (χ4v) is 4.29. The minimum atomic E-state index is -0.194. The van der Waals surface area contributed by atoms with Crippen LogP contribution in [-0.2, 0) is 0 Å². The van der Waals surface area contributed by atoms with Crippen LogP contribution in [0.4, 0.5) is 0 Å². The van der Waals surface area contributed by atoms with E-state index in [2.05, 4.69) is 27.3 Å². The van der Waals surface area contributed by atoms with Crippen molar-refractivity contribution in [2.24, 2.45) is 17.8 Å². The molecule has 2 heterocycles. The summed E-state index contributed by atoms with van der Waals surface area (Å²) in [4.78, 5) is 20.8. The van der Waals surface area contributed by atoms with Gasteiger partial charge in [-0.25, -0.2) is 9.50 Å². The highest BCUT2D eigenvalue weighted by Gasteiger charge is 2.42. The van der Waals surface area contributed by atoms with Gasteiger partial charge in [-0.15, -0.1) is 5.10 Å². The second-order valence-corrected chi connectivity index (χ2v) is 6.83. The van der Waals surface area contributed by atoms with Crippen molar-refractivity contribution < 1.29 is 4.79 Å². The Kier molecular flexibility index (Phi) is 3.13. The summed E-state index contributed by atoms with van der Waals surface area (Å²) < 4.78 is 1.61. The molecule has 1 amide bonds. The molecule has 2 aromatic rings. The molecule has 2 aliphatic rings. The van der Waals surface area contributed by atoms with Crippen LogP contribution in [0.15, 0.2) is 12.3 Å². The number of rotatable bonds is 3. The third-order valence-corrected chi connectivity index (χ3v) is 5.43. The van der Waals surface area contributed by atoms with Crippen LogP contribution >= 0.6 is 0 Å². The summed E-state index contributed by atoms with van der Waals surface area (Å²) in [6.07, 6.45) is 6.98. The molecule has 2 saturated carbocycles. The van der Waals surface area contributed by atoms with Crippen LogP contribution in [-0.4, -0.2) is 31.5 Å². The number of carbonyl (C=O) groups is 1. The molecule has 4 atom stereocenters. The zero-order valence-corrected chi connectivity index (χ0v) is 13.0. The van der Waals surface area contributed by atoms with Gasteiger partial charge in [-0.3, -0.25) is 4.79 Å². The summed E-state index contributed by atoms with van der Waals surface area (Å²) in [5.41, 5.74) is 0.915. The van der Waals surface area contributed by atoms with Crippen LogP contribution in [0.25, 0.3) is 5.78 Å². The predicted octanol–water partition coefficient (Wildman–Crippen LogP) is 1.99. The van der Waals surface area contributed by atoms with Gasteiger partial charge in [-0.1, -0.05) is 6.42 Å². The summed E-state index contributed by atoms with van der Waals surface area (Å²) in [7, 11) is 0.